The van der Waals surface area contributed by atoms with Crippen molar-refractivity contribution in [2.24, 2.45) is 0 Å². The molecule has 0 aliphatic heterocycles. The van der Waals surface area contributed by atoms with Gasteiger partial charge in [-0.3, -0.25) is 0 Å². The van der Waals surface area contributed by atoms with E-state index in [0.717, 1.165) is 0 Å². The molecular formula is H3InO2TiV. The molecule has 2 nitrogen and oxygen atoms in total. The van der Waals surface area contributed by atoms with Crippen LogP contribution in [0.2, 0.25) is 0 Å². The molecule has 0 spiro atoms. The van der Waals surface area contributed by atoms with Crippen LogP contribution in [0.15, 0.2) is 0 Å². The molecule has 0 fully saturated rings. The Balaban J connectivity index is -0.0000000200. The van der Waals surface area contributed by atoms with Crippen molar-refractivity contribution in [3.8, 4) is 0 Å². The van der Waals surface area contributed by atoms with E-state index in [1.54, 1.807) is 0 Å². The van der Waals surface area contributed by atoms with E-state index in [-0.39, 0.29) is 44.4 Å². The van der Waals surface area contributed by atoms with E-state index in [9.17, 15) is 0 Å². The van der Waals surface area contributed by atoms with E-state index in [1.165, 1.54) is 0 Å². The second-order valence-corrected chi connectivity index (χ2v) is 0.344. The molecule has 5 heavy (non-hydrogen) atoms. The summed E-state index contributed by atoms with van der Waals surface area (Å²) in [7, 11) is 0. The van der Waals surface area contributed by atoms with Gasteiger partial charge in [-0.25, -0.2) is 0 Å². The summed E-state index contributed by atoms with van der Waals surface area (Å²) in [6.07, 6.45) is 0. The Morgan fingerprint density at radius 3 is 1.20 bits per heavy atom. The minimum Gasteiger partial charge on any atom is 0 e. The van der Waals surface area contributed by atoms with Crippen LogP contribution < -0.4 is 0 Å². The van der Waals surface area contributed by atoms with Crippen molar-refractivity contribution < 1.29 is 44.3 Å². The van der Waals surface area contributed by atoms with Crippen LogP contribution in [0.4, 0.5) is 0 Å². The van der Waals surface area contributed by atoms with Gasteiger partial charge in [0, 0.05) is 18.6 Å². The molecule has 0 heterocycles. The van der Waals surface area contributed by atoms with Crippen LogP contribution in [0.3, 0.4) is 0 Å². The van der Waals surface area contributed by atoms with Crippen LogP contribution in [0.5, 0.6) is 0 Å². The van der Waals surface area contributed by atoms with Gasteiger partial charge in [-0.1, -0.05) is 0 Å². The van der Waals surface area contributed by atoms with E-state index >= 15 is 0 Å². The number of hydrogen-bond donors (Lipinski definition) is 0. The fraction of sp³-hybridized carbons (Fsp3) is 0. The Bertz CT molecular complexity index is 30.6. The molecule has 5 heteroatoms. The summed E-state index contributed by atoms with van der Waals surface area (Å²) in [4.78, 5) is 0. The van der Waals surface area contributed by atoms with Crippen molar-refractivity contribution in [3.63, 3.8) is 0 Å². The molecule has 0 saturated heterocycles. The van der Waals surface area contributed by atoms with Crippen molar-refractivity contribution in [1.82, 2.24) is 0 Å². The van der Waals surface area contributed by atoms with Gasteiger partial charge in [-0.15, -0.1) is 0 Å². The van der Waals surface area contributed by atoms with Crippen molar-refractivity contribution in [2.45, 2.75) is 0 Å². The van der Waals surface area contributed by atoms with Gasteiger partial charge in [0.2, 0.25) is 0 Å². The molecule has 0 amide bonds. The second kappa shape index (κ2) is 17.1. The molecule has 0 aromatic heterocycles. The topological polar surface area (TPSA) is 34.1 Å². The average molecular weight is 249 g/mol. The number of hydrogen-bond acceptors (Lipinski definition) is 2. The monoisotopic (exact) mass is 249 g/mol. The van der Waals surface area contributed by atoms with Gasteiger partial charge in [-0.2, -0.15) is 0 Å². The Kier molecular flexibility index (Phi) is 54.3. The van der Waals surface area contributed by atoms with E-state index in [1.807, 2.05) is 0 Å². The summed E-state index contributed by atoms with van der Waals surface area (Å²) < 4.78 is 17.0. The van der Waals surface area contributed by atoms with E-state index < -0.39 is 19.1 Å². The molecule has 0 saturated carbocycles. The zero-order valence-corrected chi connectivity index (χ0v) is 4.72. The van der Waals surface area contributed by atoms with Crippen LogP contribution in [0, 0.1) is 0 Å². The largest absolute Gasteiger partial charge is 0 e. The fourth-order valence-corrected chi connectivity index (χ4v) is 0. The molecule has 0 rings (SSSR count). The minimum atomic E-state index is -2.00. The van der Waals surface area contributed by atoms with Crippen LogP contribution in [0.1, 0.15) is 0 Å². The first-order valence-electron chi connectivity index (χ1n) is 0.408. The smallest absolute Gasteiger partial charge is 0 e. The predicted octanol–water partition coefficient (Wildman–Crippen LogP) is -1.43. The molecule has 1 radical (unpaired) electrons. The van der Waals surface area contributed by atoms with Gasteiger partial charge in [0.15, 0.2) is 0 Å². The molecular weight excluding hydrogens is 246 g/mol. The Labute approximate surface area is 69.3 Å². The van der Waals surface area contributed by atoms with Gasteiger partial charge in [0.05, 0.1) is 0 Å². The standard InChI is InChI=1S/In.2O.Ti.V.3H. The summed E-state index contributed by atoms with van der Waals surface area (Å²) in [6, 6.07) is 0. The molecule has 0 atom stereocenters. The van der Waals surface area contributed by atoms with Crippen molar-refractivity contribution in [1.29, 1.82) is 0 Å². The zero-order valence-electron chi connectivity index (χ0n) is 1.76. The summed E-state index contributed by atoms with van der Waals surface area (Å²) in [5, 5.41) is 0. The van der Waals surface area contributed by atoms with Crippen LogP contribution in [-0.4, -0.2) is 25.8 Å². The maximum absolute atomic E-state index is 8.50. The maximum Gasteiger partial charge on any atom is 0 e. The predicted molar refractivity (Wildman–Crippen MR) is 11.3 cm³/mol. The SMILES string of the molecule is [InH3].[O]=[Ti]=[O].[V]. The number of rotatable bonds is 0. The summed E-state index contributed by atoms with van der Waals surface area (Å²) >= 11 is -2.00. The molecule has 0 bridgehead atoms. The molecule has 0 N–H and O–H groups in total. The maximum atomic E-state index is 8.50. The first-order valence-corrected chi connectivity index (χ1v) is 1.68. The molecule has 0 aliphatic carbocycles. The first kappa shape index (κ1) is 15.9. The van der Waals surface area contributed by atoms with E-state index in [2.05, 4.69) is 0 Å². The quantitative estimate of drug-likeness (QED) is 0.493. The van der Waals surface area contributed by atoms with Gasteiger partial charge in [0.1, 0.15) is 0 Å². The Morgan fingerprint density at radius 1 is 1.20 bits per heavy atom. The summed E-state index contributed by atoms with van der Waals surface area (Å²) in [5.74, 6) is 0. The second-order valence-electron chi connectivity index (χ2n) is 0.0833. The third-order valence-corrected chi connectivity index (χ3v) is 0. The van der Waals surface area contributed by atoms with Crippen LogP contribution in [-0.2, 0) is 44.3 Å². The average Bonchev–Trinajstić information content (AvgIpc) is 0.918. The summed E-state index contributed by atoms with van der Waals surface area (Å²) in [6.45, 7) is 0. The minimum absolute atomic E-state index is 0. The molecule has 0 aliphatic rings. The summed E-state index contributed by atoms with van der Waals surface area (Å²) in [5.41, 5.74) is 0. The van der Waals surface area contributed by atoms with Crippen molar-refractivity contribution >= 4 is 25.8 Å². The third kappa shape index (κ3) is 26.2. The molecule has 0 aromatic carbocycles. The van der Waals surface area contributed by atoms with Crippen LogP contribution in [0.25, 0.3) is 0 Å². The Hall–Kier alpha value is 1.77. The Morgan fingerprint density at radius 2 is 1.20 bits per heavy atom. The van der Waals surface area contributed by atoms with Crippen molar-refractivity contribution in [2.75, 3.05) is 0 Å². The van der Waals surface area contributed by atoms with Crippen LogP contribution >= 0.6 is 0 Å². The molecule has 0 aromatic rings. The van der Waals surface area contributed by atoms with Gasteiger partial charge < -0.3 is 0 Å². The van der Waals surface area contributed by atoms with Gasteiger partial charge >= 0.3 is 51.6 Å². The van der Waals surface area contributed by atoms with E-state index in [4.69, 9.17) is 6.65 Å². The fourth-order valence-electron chi connectivity index (χ4n) is 0. The van der Waals surface area contributed by atoms with Gasteiger partial charge in [-0.05, 0) is 0 Å². The normalized spacial score (nSPS) is 1.60. The zero-order chi connectivity index (χ0) is 2.71. The molecule has 0 unspecified atom stereocenters. The van der Waals surface area contributed by atoms with Crippen molar-refractivity contribution in [3.05, 3.63) is 0 Å². The van der Waals surface area contributed by atoms with Gasteiger partial charge in [0.25, 0.3) is 0 Å². The third-order valence-electron chi connectivity index (χ3n) is 0. The molecule has 27 valence electrons. The van der Waals surface area contributed by atoms with E-state index in [0.29, 0.717) is 0 Å². The first-order chi connectivity index (χ1) is 1.41.